The number of likely N-dealkylation sites (N-methyl/N-ethyl adjacent to an activating group) is 1. The fourth-order valence-corrected chi connectivity index (χ4v) is 5.46. The molecule has 3 rings (SSSR count). The van der Waals surface area contributed by atoms with Crippen molar-refractivity contribution < 1.29 is 18.0 Å². The molecule has 0 saturated carbocycles. The number of hydrogen-bond donors (Lipinski definition) is 2. The van der Waals surface area contributed by atoms with Crippen molar-refractivity contribution in [2.24, 2.45) is 5.73 Å². The second kappa shape index (κ2) is 7.25. The Morgan fingerprint density at radius 1 is 1.37 bits per heavy atom. The molecule has 1 aliphatic rings. The van der Waals surface area contributed by atoms with Crippen LogP contribution in [0.3, 0.4) is 0 Å². The normalized spacial score (nSPS) is 16.8. The highest BCUT2D eigenvalue weighted by molar-refractivity contribution is 7.92. The zero-order valence-corrected chi connectivity index (χ0v) is 16.9. The van der Waals surface area contributed by atoms with Crippen LogP contribution in [0.1, 0.15) is 17.2 Å². The first-order chi connectivity index (χ1) is 12.6. The van der Waals surface area contributed by atoms with E-state index in [4.69, 9.17) is 28.9 Å². The molecule has 2 heterocycles. The van der Waals surface area contributed by atoms with Crippen LogP contribution in [0.15, 0.2) is 34.6 Å². The summed E-state index contributed by atoms with van der Waals surface area (Å²) in [7, 11) is -2.48. The van der Waals surface area contributed by atoms with Crippen LogP contribution in [0, 0.1) is 0 Å². The number of carbonyl (C=O) groups is 2. The van der Waals surface area contributed by atoms with Crippen LogP contribution in [0.2, 0.25) is 9.36 Å². The lowest BCUT2D eigenvalue weighted by Gasteiger charge is -2.09. The number of rotatable bonds is 4. The van der Waals surface area contributed by atoms with E-state index in [0.29, 0.717) is 16.8 Å². The maximum atomic E-state index is 12.2. The molecule has 0 saturated heterocycles. The Labute approximate surface area is 169 Å². The molecule has 27 heavy (non-hydrogen) atoms. The van der Waals surface area contributed by atoms with E-state index in [1.54, 1.807) is 25.2 Å². The van der Waals surface area contributed by atoms with Crippen LogP contribution in [-0.4, -0.2) is 27.3 Å². The lowest BCUT2D eigenvalue weighted by Crippen LogP contribution is -2.28. The molecule has 2 amide bonds. The van der Waals surface area contributed by atoms with Gasteiger partial charge in [-0.15, -0.1) is 11.3 Å². The van der Waals surface area contributed by atoms with Crippen molar-refractivity contribution in [1.82, 2.24) is 4.72 Å². The average Bonchev–Trinajstić information content (AvgIpc) is 3.06. The lowest BCUT2D eigenvalue weighted by molar-refractivity contribution is -0.119. The van der Waals surface area contributed by atoms with Crippen molar-refractivity contribution >= 4 is 68.1 Å². The fourth-order valence-electron chi connectivity index (χ4n) is 2.64. The predicted octanol–water partition coefficient (Wildman–Crippen LogP) is 2.55. The van der Waals surface area contributed by atoms with Crippen molar-refractivity contribution in [2.75, 3.05) is 11.9 Å². The number of thiophene rings is 1. The first kappa shape index (κ1) is 19.8. The Bertz CT molecular complexity index is 1060. The van der Waals surface area contributed by atoms with Gasteiger partial charge in [-0.3, -0.25) is 9.59 Å². The number of hydrogen-bond acceptors (Lipinski definition) is 6. The molecule has 1 aromatic heterocycles. The van der Waals surface area contributed by atoms with Gasteiger partial charge < -0.3 is 10.6 Å². The number of nitrogens with one attached hydrogen (secondary N) is 1. The number of fused-ring (bicyclic) bond motifs is 1. The molecule has 3 N–H and O–H groups in total. The largest absolute Gasteiger partial charge is 0.316 e. The average molecular weight is 446 g/mol. The molecule has 11 heteroatoms. The third-order valence-electron chi connectivity index (χ3n) is 3.92. The van der Waals surface area contributed by atoms with E-state index in [9.17, 15) is 18.0 Å². The van der Waals surface area contributed by atoms with Gasteiger partial charge in [-0.25, -0.2) is 13.1 Å². The quantitative estimate of drug-likeness (QED) is 0.702. The van der Waals surface area contributed by atoms with E-state index in [0.717, 1.165) is 17.4 Å². The molecule has 0 bridgehead atoms. The Balaban J connectivity index is 1.82. The lowest BCUT2D eigenvalue weighted by atomic mass is 10.0. The molecular formula is C16H13Cl2N3O4S2. The highest BCUT2D eigenvalue weighted by Crippen LogP contribution is 2.36. The number of anilines is 1. The van der Waals surface area contributed by atoms with Crippen molar-refractivity contribution in [2.45, 2.75) is 10.3 Å². The van der Waals surface area contributed by atoms with Gasteiger partial charge in [0.15, 0.2) is 0 Å². The number of halogens is 2. The van der Waals surface area contributed by atoms with Crippen LogP contribution in [0.25, 0.3) is 6.08 Å². The van der Waals surface area contributed by atoms with E-state index in [1.165, 1.54) is 17.0 Å². The van der Waals surface area contributed by atoms with E-state index >= 15 is 0 Å². The van der Waals surface area contributed by atoms with Gasteiger partial charge in [0.25, 0.3) is 15.9 Å². The molecule has 0 spiro atoms. The van der Waals surface area contributed by atoms with Gasteiger partial charge in [0.1, 0.15) is 14.6 Å². The first-order valence-electron chi connectivity index (χ1n) is 7.47. The smallest absolute Gasteiger partial charge is 0.273 e. The Kier molecular flexibility index (Phi) is 5.33. The van der Waals surface area contributed by atoms with Gasteiger partial charge in [-0.1, -0.05) is 35.3 Å². The van der Waals surface area contributed by atoms with Gasteiger partial charge >= 0.3 is 0 Å². The molecule has 0 radical (unpaired) electrons. The highest BCUT2D eigenvalue weighted by atomic mass is 35.5. The zero-order valence-electron chi connectivity index (χ0n) is 13.8. The molecule has 1 atom stereocenters. The van der Waals surface area contributed by atoms with Gasteiger partial charge in [-0.2, -0.15) is 0 Å². The van der Waals surface area contributed by atoms with E-state index in [-0.39, 0.29) is 19.5 Å². The summed E-state index contributed by atoms with van der Waals surface area (Å²) in [4.78, 5) is 25.5. The topological polar surface area (TPSA) is 110 Å². The summed E-state index contributed by atoms with van der Waals surface area (Å²) < 4.78 is 26.3. The van der Waals surface area contributed by atoms with E-state index < -0.39 is 22.0 Å². The van der Waals surface area contributed by atoms with E-state index in [1.807, 2.05) is 4.72 Å². The van der Waals surface area contributed by atoms with Gasteiger partial charge in [0, 0.05) is 24.4 Å². The Hall–Kier alpha value is -1.91. The summed E-state index contributed by atoms with van der Waals surface area (Å²) in [6, 6.07) is 5.46. The van der Waals surface area contributed by atoms with Crippen molar-refractivity contribution in [3.05, 3.63) is 50.8 Å². The predicted molar refractivity (Wildman–Crippen MR) is 105 cm³/mol. The van der Waals surface area contributed by atoms with Crippen LogP contribution >= 0.6 is 34.5 Å². The van der Waals surface area contributed by atoms with Crippen molar-refractivity contribution in [3.8, 4) is 0 Å². The van der Waals surface area contributed by atoms with Gasteiger partial charge in [-0.05, 0) is 23.8 Å². The third kappa shape index (κ3) is 3.74. The summed E-state index contributed by atoms with van der Waals surface area (Å²) in [6.07, 6.45) is 2.46. The highest BCUT2D eigenvalue weighted by Gasteiger charge is 2.33. The number of benzene rings is 1. The third-order valence-corrected chi connectivity index (χ3v) is 7.61. The maximum absolute atomic E-state index is 12.2. The number of nitrogens with two attached hydrogens (primary N) is 1. The molecular weight excluding hydrogens is 433 g/mol. The molecule has 142 valence electrons. The van der Waals surface area contributed by atoms with Gasteiger partial charge in [0.2, 0.25) is 5.91 Å². The SMILES string of the molecule is CN1C(=O)C(N)c2c(C=CC(=O)NS(=O)(=O)c3cc(Cl)c(Cl)s3)cccc21. The number of nitrogens with zero attached hydrogens (tertiary/aromatic N) is 1. The minimum absolute atomic E-state index is 0.0904. The van der Waals surface area contributed by atoms with Crippen LogP contribution in [0.5, 0.6) is 0 Å². The number of sulfonamides is 1. The Morgan fingerprint density at radius 3 is 2.70 bits per heavy atom. The number of carbonyl (C=O) groups excluding carboxylic acids is 2. The van der Waals surface area contributed by atoms with Crippen molar-refractivity contribution in [1.29, 1.82) is 0 Å². The molecule has 0 fully saturated rings. The molecule has 1 unspecified atom stereocenters. The first-order valence-corrected chi connectivity index (χ1v) is 10.5. The zero-order chi connectivity index (χ0) is 19.9. The maximum Gasteiger partial charge on any atom is 0.273 e. The molecule has 7 nitrogen and oxygen atoms in total. The van der Waals surface area contributed by atoms with Crippen LogP contribution in [-0.2, 0) is 19.6 Å². The summed E-state index contributed by atoms with van der Waals surface area (Å²) in [5, 5.41) is 0.0904. The standard InChI is InChI=1S/C16H13Cl2N3O4S2/c1-21-10-4-2-3-8(13(10)14(19)16(21)23)5-6-11(22)20-27(24,25)12-7-9(17)15(18)26-12/h2-7,14H,19H2,1H3,(H,20,22). The number of amides is 2. The molecule has 1 aromatic carbocycles. The summed E-state index contributed by atoms with van der Waals surface area (Å²) >= 11 is 12.2. The molecule has 0 aliphatic carbocycles. The van der Waals surface area contributed by atoms with Crippen molar-refractivity contribution in [3.63, 3.8) is 0 Å². The van der Waals surface area contributed by atoms with Gasteiger partial charge in [0.05, 0.1) is 5.02 Å². The summed E-state index contributed by atoms with van der Waals surface area (Å²) in [6.45, 7) is 0. The second-order valence-corrected chi connectivity index (χ2v) is 9.62. The molecule has 1 aliphatic heterocycles. The monoisotopic (exact) mass is 445 g/mol. The second-order valence-electron chi connectivity index (χ2n) is 5.65. The van der Waals surface area contributed by atoms with Crippen LogP contribution < -0.4 is 15.4 Å². The fraction of sp³-hybridized carbons (Fsp3) is 0.125. The summed E-state index contributed by atoms with van der Waals surface area (Å²) in [5.41, 5.74) is 7.71. The minimum atomic E-state index is -4.09. The molecule has 2 aromatic rings. The minimum Gasteiger partial charge on any atom is -0.316 e. The Morgan fingerprint density at radius 2 is 2.07 bits per heavy atom. The van der Waals surface area contributed by atoms with E-state index in [2.05, 4.69) is 0 Å². The van der Waals surface area contributed by atoms with Crippen LogP contribution in [0.4, 0.5) is 5.69 Å². The summed E-state index contributed by atoms with van der Waals surface area (Å²) in [5.74, 6) is -1.12.